The van der Waals surface area contributed by atoms with Crippen molar-refractivity contribution in [2.24, 2.45) is 0 Å². The summed E-state index contributed by atoms with van der Waals surface area (Å²) in [6.07, 6.45) is 3.28. The van der Waals surface area contributed by atoms with E-state index in [1.54, 1.807) is 0 Å². The van der Waals surface area contributed by atoms with E-state index in [-0.39, 0.29) is 5.97 Å². The Hall–Kier alpha value is -2.98. The summed E-state index contributed by atoms with van der Waals surface area (Å²) in [7, 11) is 0. The summed E-state index contributed by atoms with van der Waals surface area (Å²) in [5.74, 6) is -0.282. The molecule has 148 valence electrons. The molecule has 0 atom stereocenters. The van der Waals surface area contributed by atoms with Crippen LogP contribution in [0.3, 0.4) is 0 Å². The van der Waals surface area contributed by atoms with Gasteiger partial charge in [-0.05, 0) is 43.0 Å². The number of ether oxygens (including phenoxy) is 1. The quantitative estimate of drug-likeness (QED) is 0.578. The van der Waals surface area contributed by atoms with Crippen LogP contribution >= 0.6 is 0 Å². The first-order chi connectivity index (χ1) is 14.2. The third-order valence-electron chi connectivity index (χ3n) is 5.52. The molecule has 0 unspecified atom stereocenters. The van der Waals surface area contributed by atoms with Crippen molar-refractivity contribution in [3.63, 3.8) is 0 Å². The zero-order chi connectivity index (χ0) is 20.2. The molecule has 3 aromatic rings. The number of hydrogen-bond acceptors (Lipinski definition) is 4. The maximum Gasteiger partial charge on any atom is 0.340 e. The van der Waals surface area contributed by atoms with Crippen molar-refractivity contribution in [2.75, 3.05) is 19.7 Å². The lowest BCUT2D eigenvalue weighted by atomic mass is 9.98. The number of rotatable bonds is 5. The molecule has 1 aliphatic heterocycles. The van der Waals surface area contributed by atoms with E-state index in [1.165, 1.54) is 11.1 Å². The monoisotopic (exact) mass is 386 g/mol. The Morgan fingerprint density at radius 2 is 1.86 bits per heavy atom. The second-order valence-electron chi connectivity index (χ2n) is 7.38. The molecule has 0 saturated carbocycles. The fourth-order valence-corrected chi connectivity index (χ4v) is 4.01. The van der Waals surface area contributed by atoms with Crippen LogP contribution in [0, 0.1) is 6.92 Å². The van der Waals surface area contributed by atoms with Gasteiger partial charge in [0.2, 0.25) is 0 Å². The minimum absolute atomic E-state index is 0.282. The molecular weight excluding hydrogens is 360 g/mol. The third kappa shape index (κ3) is 4.08. The number of hydrogen-bond donors (Lipinski definition) is 0. The van der Waals surface area contributed by atoms with Crippen molar-refractivity contribution in [3.8, 4) is 0 Å². The van der Waals surface area contributed by atoms with Crippen molar-refractivity contribution < 1.29 is 9.53 Å². The van der Waals surface area contributed by atoms with Gasteiger partial charge in [0.15, 0.2) is 0 Å². The van der Waals surface area contributed by atoms with Crippen molar-refractivity contribution >= 4 is 22.4 Å². The van der Waals surface area contributed by atoms with Gasteiger partial charge in [0, 0.05) is 25.0 Å². The number of carbonyl (C=O) groups is 1. The molecule has 4 heteroatoms. The zero-order valence-corrected chi connectivity index (χ0v) is 17.0. The zero-order valence-electron chi connectivity index (χ0n) is 17.0. The standard InChI is InChI=1S/C25H26N2O2/c1-3-29-25(28)24-18(2)21-11-7-8-12-22(21)26-23(24)17-27-15-13-20(14-16-27)19-9-5-4-6-10-19/h4-13H,3,14-17H2,1-2H3. The highest BCUT2D eigenvalue weighted by atomic mass is 16.5. The Balaban J connectivity index is 1.63. The summed E-state index contributed by atoms with van der Waals surface area (Å²) < 4.78 is 5.35. The normalized spacial score (nSPS) is 14.6. The molecule has 1 aliphatic rings. The van der Waals surface area contributed by atoms with Gasteiger partial charge in [0.25, 0.3) is 0 Å². The minimum atomic E-state index is -0.282. The van der Waals surface area contributed by atoms with Gasteiger partial charge in [-0.25, -0.2) is 4.79 Å². The number of aromatic nitrogens is 1. The van der Waals surface area contributed by atoms with Gasteiger partial charge in [-0.3, -0.25) is 9.88 Å². The van der Waals surface area contributed by atoms with Crippen molar-refractivity contribution in [3.05, 3.63) is 83.1 Å². The minimum Gasteiger partial charge on any atom is -0.462 e. The van der Waals surface area contributed by atoms with Gasteiger partial charge in [-0.2, -0.15) is 0 Å². The predicted octanol–water partition coefficient (Wildman–Crippen LogP) is 5.01. The summed E-state index contributed by atoms with van der Waals surface area (Å²) in [6.45, 7) is 6.61. The first-order valence-electron chi connectivity index (χ1n) is 10.2. The van der Waals surface area contributed by atoms with Crippen LogP contribution in [0.15, 0.2) is 60.7 Å². The van der Waals surface area contributed by atoms with Crippen molar-refractivity contribution in [1.29, 1.82) is 0 Å². The molecule has 0 N–H and O–H groups in total. The maximum absolute atomic E-state index is 12.7. The number of para-hydroxylation sites is 1. The number of esters is 1. The Kier molecular flexibility index (Phi) is 5.72. The average Bonchev–Trinajstić information content (AvgIpc) is 2.75. The summed E-state index contributed by atoms with van der Waals surface area (Å²) >= 11 is 0. The highest BCUT2D eigenvalue weighted by Crippen LogP contribution is 2.27. The lowest BCUT2D eigenvalue weighted by molar-refractivity contribution is 0.0522. The van der Waals surface area contributed by atoms with Gasteiger partial charge in [0.05, 0.1) is 23.4 Å². The van der Waals surface area contributed by atoms with E-state index < -0.39 is 0 Å². The molecule has 4 rings (SSSR count). The van der Waals surface area contributed by atoms with Gasteiger partial charge in [0.1, 0.15) is 0 Å². The molecule has 2 heterocycles. The molecule has 2 aromatic carbocycles. The van der Waals surface area contributed by atoms with Gasteiger partial charge in [-0.15, -0.1) is 0 Å². The van der Waals surface area contributed by atoms with E-state index >= 15 is 0 Å². The first kappa shape index (κ1) is 19.3. The molecule has 0 radical (unpaired) electrons. The van der Waals surface area contributed by atoms with Crippen LogP contribution in [0.2, 0.25) is 0 Å². The van der Waals surface area contributed by atoms with Crippen molar-refractivity contribution in [2.45, 2.75) is 26.8 Å². The van der Waals surface area contributed by atoms with Crippen LogP contribution in [-0.4, -0.2) is 35.5 Å². The van der Waals surface area contributed by atoms with E-state index in [2.05, 4.69) is 35.2 Å². The van der Waals surface area contributed by atoms with Gasteiger partial charge >= 0.3 is 5.97 Å². The van der Waals surface area contributed by atoms with Crippen LogP contribution in [0.5, 0.6) is 0 Å². The van der Waals surface area contributed by atoms with Crippen LogP contribution in [-0.2, 0) is 11.3 Å². The summed E-state index contributed by atoms with van der Waals surface area (Å²) in [5, 5.41) is 1.00. The molecular formula is C25H26N2O2. The number of carbonyl (C=O) groups excluding carboxylic acids is 1. The highest BCUT2D eigenvalue weighted by molar-refractivity contribution is 5.98. The average molecular weight is 386 g/mol. The molecule has 1 aromatic heterocycles. The van der Waals surface area contributed by atoms with E-state index in [9.17, 15) is 4.79 Å². The fourth-order valence-electron chi connectivity index (χ4n) is 4.01. The number of benzene rings is 2. The Labute approximate surface area is 171 Å². The summed E-state index contributed by atoms with van der Waals surface area (Å²) in [4.78, 5) is 19.9. The topological polar surface area (TPSA) is 42.4 Å². The second-order valence-corrected chi connectivity index (χ2v) is 7.38. The van der Waals surface area contributed by atoms with Crippen molar-refractivity contribution in [1.82, 2.24) is 9.88 Å². The lowest BCUT2D eigenvalue weighted by Crippen LogP contribution is -2.29. The smallest absolute Gasteiger partial charge is 0.340 e. The van der Waals surface area contributed by atoms with E-state index in [4.69, 9.17) is 9.72 Å². The molecule has 0 amide bonds. The maximum atomic E-state index is 12.7. The van der Waals surface area contributed by atoms with Crippen LogP contribution in [0.1, 0.15) is 40.5 Å². The number of nitrogens with zero attached hydrogens (tertiary/aromatic N) is 2. The van der Waals surface area contributed by atoms with E-state index in [1.807, 2.05) is 44.2 Å². The van der Waals surface area contributed by atoms with Crippen LogP contribution in [0.4, 0.5) is 0 Å². The first-order valence-corrected chi connectivity index (χ1v) is 10.2. The number of aryl methyl sites for hydroxylation is 1. The molecule has 4 nitrogen and oxygen atoms in total. The molecule has 0 fully saturated rings. The number of fused-ring (bicyclic) bond motifs is 1. The molecule has 0 bridgehead atoms. The van der Waals surface area contributed by atoms with Crippen LogP contribution in [0.25, 0.3) is 16.5 Å². The SMILES string of the molecule is CCOC(=O)c1c(CN2CC=C(c3ccccc3)CC2)nc2ccccc2c1C. The highest BCUT2D eigenvalue weighted by Gasteiger charge is 2.22. The van der Waals surface area contributed by atoms with Gasteiger partial charge in [-0.1, -0.05) is 54.6 Å². The Morgan fingerprint density at radius 3 is 2.59 bits per heavy atom. The summed E-state index contributed by atoms with van der Waals surface area (Å²) in [5.41, 5.74) is 5.96. The van der Waals surface area contributed by atoms with E-state index in [0.717, 1.165) is 41.7 Å². The second kappa shape index (κ2) is 8.58. The molecule has 0 saturated heterocycles. The molecule has 0 spiro atoms. The fraction of sp³-hybridized carbons (Fsp3) is 0.280. The van der Waals surface area contributed by atoms with Crippen LogP contribution < -0.4 is 0 Å². The van der Waals surface area contributed by atoms with Gasteiger partial charge < -0.3 is 4.74 Å². The third-order valence-corrected chi connectivity index (χ3v) is 5.52. The largest absolute Gasteiger partial charge is 0.462 e. The lowest BCUT2D eigenvalue weighted by Gasteiger charge is -2.27. The Morgan fingerprint density at radius 1 is 1.10 bits per heavy atom. The molecule has 29 heavy (non-hydrogen) atoms. The van der Waals surface area contributed by atoms with E-state index in [0.29, 0.717) is 18.7 Å². The number of pyridine rings is 1. The predicted molar refractivity (Wildman–Crippen MR) is 117 cm³/mol. The molecule has 0 aliphatic carbocycles. The Bertz CT molecular complexity index is 1060. The summed E-state index contributed by atoms with van der Waals surface area (Å²) in [6, 6.07) is 18.5.